The molecule has 4 rings (SSSR count). The highest BCUT2D eigenvalue weighted by Crippen LogP contribution is 2.27. The molecule has 0 fully saturated rings. The normalized spacial score (nSPS) is 12.3. The monoisotopic (exact) mass is 643 g/mol. The van der Waals surface area contributed by atoms with Crippen molar-refractivity contribution >= 4 is 27.5 Å². The number of anilines is 1. The van der Waals surface area contributed by atoms with E-state index in [1.54, 1.807) is 42.5 Å². The number of aryl methyl sites for hydroxylation is 3. The molecular weight excluding hydrogens is 601 g/mol. The zero-order valence-electron chi connectivity index (χ0n) is 27.2. The Morgan fingerprint density at radius 2 is 1.39 bits per heavy atom. The Morgan fingerprint density at radius 3 is 1.98 bits per heavy atom. The Kier molecular flexibility index (Phi) is 10.7. The van der Waals surface area contributed by atoms with Crippen molar-refractivity contribution in [3.05, 3.63) is 131 Å². The van der Waals surface area contributed by atoms with Gasteiger partial charge in [0.05, 0.1) is 10.6 Å². The van der Waals surface area contributed by atoms with E-state index >= 15 is 4.39 Å². The lowest BCUT2D eigenvalue weighted by Gasteiger charge is -2.35. The summed E-state index contributed by atoms with van der Waals surface area (Å²) in [7, 11) is -4.24. The molecule has 7 nitrogen and oxygen atoms in total. The molecule has 0 spiro atoms. The summed E-state index contributed by atoms with van der Waals surface area (Å²) in [6.07, 6.45) is 0.136. The van der Waals surface area contributed by atoms with Crippen LogP contribution in [0.4, 0.5) is 10.1 Å². The standard InChI is InChI=1S/C37H42FN3O4S/c1-26-16-18-32(19-17-26)46(44,45)41(31-21-27(2)20-28(3)22-31)25-35(42)40(24-30-14-10-11-15-33(30)38)34(36(43)39-37(4,5)6)23-29-12-8-7-9-13-29/h7-22,34H,23-25H2,1-6H3,(H,39,43). The van der Waals surface area contributed by atoms with E-state index in [1.807, 2.05) is 77.9 Å². The molecule has 1 unspecified atom stereocenters. The third-order valence-corrected chi connectivity index (χ3v) is 9.24. The van der Waals surface area contributed by atoms with Crippen molar-refractivity contribution in [3.63, 3.8) is 0 Å². The van der Waals surface area contributed by atoms with E-state index in [2.05, 4.69) is 5.32 Å². The number of rotatable bonds is 11. The van der Waals surface area contributed by atoms with Gasteiger partial charge in [-0.1, -0.05) is 72.3 Å². The van der Waals surface area contributed by atoms with E-state index in [1.165, 1.54) is 23.1 Å². The van der Waals surface area contributed by atoms with Crippen LogP contribution in [0.3, 0.4) is 0 Å². The van der Waals surface area contributed by atoms with Crippen LogP contribution >= 0.6 is 0 Å². The molecule has 0 aromatic heterocycles. The van der Waals surface area contributed by atoms with E-state index in [0.29, 0.717) is 5.69 Å². The lowest BCUT2D eigenvalue weighted by molar-refractivity contribution is -0.140. The average molecular weight is 644 g/mol. The molecule has 0 aliphatic rings. The number of nitrogens with one attached hydrogen (secondary N) is 1. The van der Waals surface area contributed by atoms with Crippen LogP contribution in [0, 0.1) is 26.6 Å². The van der Waals surface area contributed by atoms with Crippen molar-refractivity contribution in [3.8, 4) is 0 Å². The fourth-order valence-corrected chi connectivity index (χ4v) is 6.68. The summed E-state index contributed by atoms with van der Waals surface area (Å²) in [5.41, 5.74) is 3.22. The topological polar surface area (TPSA) is 86.8 Å². The van der Waals surface area contributed by atoms with E-state index in [9.17, 15) is 18.0 Å². The predicted molar refractivity (Wildman–Crippen MR) is 180 cm³/mol. The zero-order chi connectivity index (χ0) is 33.6. The van der Waals surface area contributed by atoms with E-state index in [4.69, 9.17) is 0 Å². The third-order valence-electron chi connectivity index (χ3n) is 7.45. The molecule has 0 saturated heterocycles. The van der Waals surface area contributed by atoms with Crippen LogP contribution < -0.4 is 9.62 Å². The number of hydrogen-bond donors (Lipinski definition) is 1. The van der Waals surface area contributed by atoms with Gasteiger partial charge in [0.15, 0.2) is 0 Å². The molecule has 9 heteroatoms. The fraction of sp³-hybridized carbons (Fsp3) is 0.297. The van der Waals surface area contributed by atoms with Gasteiger partial charge in [0.2, 0.25) is 11.8 Å². The number of amides is 2. The fourth-order valence-electron chi connectivity index (χ4n) is 5.28. The molecule has 1 N–H and O–H groups in total. The second-order valence-electron chi connectivity index (χ2n) is 12.7. The number of carbonyl (C=O) groups excluding carboxylic acids is 2. The van der Waals surface area contributed by atoms with Crippen LogP contribution in [-0.4, -0.2) is 43.3 Å². The Balaban J connectivity index is 1.85. The number of sulfonamides is 1. The first-order chi connectivity index (χ1) is 21.6. The van der Waals surface area contributed by atoms with Gasteiger partial charge >= 0.3 is 0 Å². The molecule has 2 amide bonds. The quantitative estimate of drug-likeness (QED) is 0.202. The van der Waals surface area contributed by atoms with Crippen molar-refractivity contribution < 1.29 is 22.4 Å². The van der Waals surface area contributed by atoms with Gasteiger partial charge in [0.25, 0.3) is 10.0 Å². The van der Waals surface area contributed by atoms with Crippen LogP contribution in [-0.2, 0) is 32.6 Å². The molecule has 0 saturated carbocycles. The number of hydrogen-bond acceptors (Lipinski definition) is 4. The maximum Gasteiger partial charge on any atom is 0.264 e. The van der Waals surface area contributed by atoms with Crippen LogP contribution in [0.1, 0.15) is 48.6 Å². The zero-order valence-corrected chi connectivity index (χ0v) is 28.1. The van der Waals surface area contributed by atoms with Crippen LogP contribution in [0.2, 0.25) is 0 Å². The smallest absolute Gasteiger partial charge is 0.264 e. The number of halogens is 1. The van der Waals surface area contributed by atoms with Gasteiger partial charge < -0.3 is 10.2 Å². The van der Waals surface area contributed by atoms with Crippen LogP contribution in [0.15, 0.2) is 102 Å². The Hall–Kier alpha value is -4.50. The first-order valence-electron chi connectivity index (χ1n) is 15.2. The Morgan fingerprint density at radius 1 is 0.804 bits per heavy atom. The van der Waals surface area contributed by atoms with Gasteiger partial charge in [-0.2, -0.15) is 0 Å². The van der Waals surface area contributed by atoms with Gasteiger partial charge in [-0.3, -0.25) is 13.9 Å². The minimum atomic E-state index is -4.24. The van der Waals surface area contributed by atoms with E-state index in [0.717, 1.165) is 26.6 Å². The minimum absolute atomic E-state index is 0.0250. The van der Waals surface area contributed by atoms with Crippen molar-refractivity contribution in [2.24, 2.45) is 0 Å². The second-order valence-corrected chi connectivity index (χ2v) is 14.6. The summed E-state index contributed by atoms with van der Waals surface area (Å²) in [5.74, 6) is -1.61. The highest BCUT2D eigenvalue weighted by Gasteiger charge is 2.36. The van der Waals surface area contributed by atoms with Gasteiger partial charge in [-0.25, -0.2) is 12.8 Å². The Labute approximate surface area is 272 Å². The van der Waals surface area contributed by atoms with E-state index in [-0.39, 0.29) is 23.4 Å². The molecule has 0 aliphatic heterocycles. The highest BCUT2D eigenvalue weighted by molar-refractivity contribution is 7.92. The summed E-state index contributed by atoms with van der Waals surface area (Å²) in [6.45, 7) is 10.2. The molecule has 242 valence electrons. The molecule has 1 atom stereocenters. The number of carbonyl (C=O) groups is 2. The number of nitrogens with zero attached hydrogens (tertiary/aromatic N) is 2. The molecule has 0 radical (unpaired) electrons. The summed E-state index contributed by atoms with van der Waals surface area (Å²) in [5, 5.41) is 2.98. The van der Waals surface area contributed by atoms with Crippen molar-refractivity contribution in [1.29, 1.82) is 0 Å². The van der Waals surface area contributed by atoms with Crippen LogP contribution in [0.5, 0.6) is 0 Å². The highest BCUT2D eigenvalue weighted by atomic mass is 32.2. The number of benzene rings is 4. The van der Waals surface area contributed by atoms with Gasteiger partial charge in [0.1, 0.15) is 18.4 Å². The summed E-state index contributed by atoms with van der Waals surface area (Å²) in [4.78, 5) is 29.8. The van der Waals surface area contributed by atoms with Gasteiger partial charge in [-0.05, 0) is 88.6 Å². The first kappa shape index (κ1) is 34.4. The molecule has 4 aromatic carbocycles. The summed E-state index contributed by atoms with van der Waals surface area (Å²) in [6, 6.07) is 26.0. The van der Waals surface area contributed by atoms with Gasteiger partial charge in [-0.15, -0.1) is 0 Å². The van der Waals surface area contributed by atoms with Gasteiger partial charge in [0, 0.05) is 24.1 Å². The lowest BCUT2D eigenvalue weighted by atomic mass is 10.0. The second kappa shape index (κ2) is 14.3. The predicted octanol–water partition coefficient (Wildman–Crippen LogP) is 6.50. The summed E-state index contributed by atoms with van der Waals surface area (Å²) >= 11 is 0. The van der Waals surface area contributed by atoms with Crippen molar-refractivity contribution in [2.75, 3.05) is 10.8 Å². The molecule has 0 bridgehead atoms. The van der Waals surface area contributed by atoms with Crippen LogP contribution in [0.25, 0.3) is 0 Å². The summed E-state index contributed by atoms with van der Waals surface area (Å²) < 4.78 is 44.6. The van der Waals surface area contributed by atoms with Crippen molar-refractivity contribution in [1.82, 2.24) is 10.2 Å². The maximum absolute atomic E-state index is 15.1. The third kappa shape index (κ3) is 8.81. The van der Waals surface area contributed by atoms with E-state index < -0.39 is 45.8 Å². The Bertz CT molecular complexity index is 1770. The SMILES string of the molecule is Cc1ccc(S(=O)(=O)N(CC(=O)N(Cc2ccccc2F)C(Cc2ccccc2)C(=O)NC(C)(C)C)c2cc(C)cc(C)c2)cc1. The lowest BCUT2D eigenvalue weighted by Crippen LogP contribution is -2.56. The molecule has 46 heavy (non-hydrogen) atoms. The molecular formula is C37H42FN3O4S. The minimum Gasteiger partial charge on any atom is -0.350 e. The molecule has 4 aromatic rings. The maximum atomic E-state index is 15.1. The largest absolute Gasteiger partial charge is 0.350 e. The van der Waals surface area contributed by atoms with Crippen molar-refractivity contribution in [2.45, 2.75) is 71.0 Å². The molecule has 0 aliphatic carbocycles. The molecule has 0 heterocycles. The first-order valence-corrected chi connectivity index (χ1v) is 16.6. The average Bonchev–Trinajstić information content (AvgIpc) is 2.97.